The van der Waals surface area contributed by atoms with E-state index in [1.54, 1.807) is 24.3 Å². The smallest absolute Gasteiger partial charge is 0.338 e. The highest BCUT2D eigenvalue weighted by Crippen LogP contribution is 2.36. The minimum Gasteiger partial charge on any atom is -0.459 e. The third-order valence-electron chi connectivity index (χ3n) is 4.33. The van der Waals surface area contributed by atoms with E-state index in [4.69, 9.17) is 14.2 Å². The summed E-state index contributed by atoms with van der Waals surface area (Å²) < 4.78 is 44.0. The third-order valence-corrected chi connectivity index (χ3v) is 4.33. The molecule has 0 aromatic heterocycles. The van der Waals surface area contributed by atoms with E-state index >= 15 is 0 Å². The highest BCUT2D eigenvalue weighted by Gasteiger charge is 2.60. The summed E-state index contributed by atoms with van der Waals surface area (Å²) in [6, 6.07) is 15.2. The van der Waals surface area contributed by atoms with Crippen LogP contribution in [-0.4, -0.2) is 59.3 Å². The van der Waals surface area contributed by atoms with Gasteiger partial charge in [0.15, 0.2) is 18.5 Å². The van der Waals surface area contributed by atoms with Crippen LogP contribution in [0, 0.1) is 0 Å². The van der Waals surface area contributed by atoms with Gasteiger partial charge < -0.3 is 24.4 Å². The molecule has 1 aliphatic heterocycles. The van der Waals surface area contributed by atoms with E-state index in [1.165, 1.54) is 36.4 Å². The monoisotopic (exact) mass is 408 g/mol. The number of aliphatic hydroxyl groups excluding tert-OH is 2. The maximum Gasteiger partial charge on any atom is 0.338 e. The molecule has 0 spiro atoms. The zero-order valence-corrected chi connectivity index (χ0v) is 15.0. The molecule has 1 fully saturated rings. The van der Waals surface area contributed by atoms with Crippen LogP contribution in [0.1, 0.15) is 20.7 Å². The van der Waals surface area contributed by atoms with Gasteiger partial charge in [-0.15, -0.1) is 0 Å². The number of carbonyl (C=O) groups is 2. The van der Waals surface area contributed by atoms with Crippen molar-refractivity contribution in [2.45, 2.75) is 30.5 Å². The Morgan fingerprint density at radius 2 is 1.45 bits per heavy atom. The summed E-state index contributed by atoms with van der Waals surface area (Å²) in [6.45, 7) is -0.736. The molecule has 0 radical (unpaired) electrons. The molecule has 0 aliphatic carbocycles. The van der Waals surface area contributed by atoms with Gasteiger partial charge in [0.1, 0.15) is 12.7 Å². The summed E-state index contributed by atoms with van der Waals surface area (Å²) in [6.07, 6.45) is -8.88. The van der Waals surface area contributed by atoms with Crippen LogP contribution in [0.4, 0.5) is 8.78 Å². The van der Waals surface area contributed by atoms with Crippen molar-refractivity contribution in [2.75, 3.05) is 6.61 Å². The Bertz CT molecular complexity index is 844. The zero-order chi connectivity index (χ0) is 21.0. The van der Waals surface area contributed by atoms with Gasteiger partial charge in [-0.2, -0.15) is 8.78 Å². The zero-order valence-electron chi connectivity index (χ0n) is 15.0. The van der Waals surface area contributed by atoms with Gasteiger partial charge in [0, 0.05) is 0 Å². The van der Waals surface area contributed by atoms with Crippen molar-refractivity contribution in [1.29, 1.82) is 0 Å². The molecule has 9 heteroatoms. The van der Waals surface area contributed by atoms with E-state index in [0.717, 1.165) is 0 Å². The Morgan fingerprint density at radius 1 is 0.931 bits per heavy atom. The number of aliphatic hydroxyl groups is 2. The van der Waals surface area contributed by atoms with Crippen LogP contribution in [0.2, 0.25) is 0 Å². The first-order chi connectivity index (χ1) is 13.8. The Labute approximate surface area is 164 Å². The van der Waals surface area contributed by atoms with E-state index in [0.29, 0.717) is 0 Å². The minimum atomic E-state index is -4.05. The lowest BCUT2D eigenvalue weighted by Gasteiger charge is -2.41. The summed E-state index contributed by atoms with van der Waals surface area (Å²) in [4.78, 5) is 24.3. The topological polar surface area (TPSA) is 102 Å². The van der Waals surface area contributed by atoms with Crippen molar-refractivity contribution >= 4 is 11.9 Å². The summed E-state index contributed by atoms with van der Waals surface area (Å²) in [5.41, 5.74) is 0.178. The number of hydrogen-bond acceptors (Lipinski definition) is 7. The van der Waals surface area contributed by atoms with Crippen molar-refractivity contribution in [3.05, 3.63) is 71.8 Å². The molecule has 2 aromatic carbocycles. The lowest BCUT2D eigenvalue weighted by atomic mass is 9.97. The largest absolute Gasteiger partial charge is 0.459 e. The van der Waals surface area contributed by atoms with Gasteiger partial charge in [0.25, 0.3) is 0 Å². The van der Waals surface area contributed by atoms with Crippen molar-refractivity contribution in [3.8, 4) is 0 Å². The first kappa shape index (κ1) is 20.8. The van der Waals surface area contributed by atoms with E-state index in [2.05, 4.69) is 0 Å². The highest BCUT2D eigenvalue weighted by molar-refractivity contribution is 5.90. The number of alkyl halides is 2. The third kappa shape index (κ3) is 4.58. The van der Waals surface area contributed by atoms with Crippen molar-refractivity contribution in [1.82, 2.24) is 0 Å². The molecule has 4 atom stereocenters. The van der Waals surface area contributed by atoms with Gasteiger partial charge >= 0.3 is 17.9 Å². The minimum absolute atomic E-state index is 0.00365. The average molecular weight is 408 g/mol. The van der Waals surface area contributed by atoms with Crippen molar-refractivity contribution < 1.29 is 42.8 Å². The summed E-state index contributed by atoms with van der Waals surface area (Å²) in [5, 5.41) is 19.2. The van der Waals surface area contributed by atoms with E-state index in [9.17, 15) is 28.6 Å². The van der Waals surface area contributed by atoms with Crippen LogP contribution in [0.25, 0.3) is 0 Å². The Kier molecular flexibility index (Phi) is 6.21. The number of esters is 2. The molecule has 0 amide bonds. The first-order valence-corrected chi connectivity index (χ1v) is 8.68. The standard InChI is InChI=1S/C20H18F2O7/c21-20(22)15(23)19(26)28-14(11-27-17(24)12-7-3-1-4-8-12)16(20)29-18(25)13-9-5-2-6-10-13/h1-10,14-16,19,23,26H,11H2/t14-,15+,16-,19+/m1/s1. The fraction of sp³-hybridized carbons (Fsp3) is 0.300. The Hall–Kier alpha value is -2.88. The maximum absolute atomic E-state index is 14.6. The van der Waals surface area contributed by atoms with E-state index in [-0.39, 0.29) is 11.1 Å². The molecule has 29 heavy (non-hydrogen) atoms. The molecule has 7 nitrogen and oxygen atoms in total. The number of ether oxygens (including phenoxy) is 3. The lowest BCUT2D eigenvalue weighted by molar-refractivity contribution is -0.334. The lowest BCUT2D eigenvalue weighted by Crippen LogP contribution is -2.64. The first-order valence-electron chi connectivity index (χ1n) is 8.68. The predicted octanol–water partition coefficient (Wildman–Crippen LogP) is 1.78. The van der Waals surface area contributed by atoms with Crippen molar-refractivity contribution in [2.24, 2.45) is 0 Å². The number of rotatable bonds is 5. The number of carbonyl (C=O) groups excluding carboxylic acids is 2. The molecule has 1 heterocycles. The molecule has 1 saturated heterocycles. The molecular weight excluding hydrogens is 390 g/mol. The fourth-order valence-electron chi connectivity index (χ4n) is 2.79. The molecule has 0 saturated carbocycles. The predicted molar refractivity (Wildman–Crippen MR) is 94.2 cm³/mol. The molecule has 0 unspecified atom stereocenters. The van der Waals surface area contributed by atoms with Crippen LogP contribution < -0.4 is 0 Å². The Morgan fingerprint density at radius 3 is 2.00 bits per heavy atom. The number of hydrogen-bond donors (Lipinski definition) is 2. The molecule has 154 valence electrons. The summed E-state index contributed by atoms with van der Waals surface area (Å²) in [7, 11) is 0. The highest BCUT2D eigenvalue weighted by atomic mass is 19.3. The molecule has 2 N–H and O–H groups in total. The number of benzene rings is 2. The molecule has 0 bridgehead atoms. The van der Waals surface area contributed by atoms with Gasteiger partial charge in [-0.05, 0) is 24.3 Å². The number of halogens is 2. The van der Waals surface area contributed by atoms with Crippen LogP contribution in [0.15, 0.2) is 60.7 Å². The van der Waals surface area contributed by atoms with Gasteiger partial charge in [0.2, 0.25) is 0 Å². The van der Waals surface area contributed by atoms with E-state index < -0.39 is 49.1 Å². The SMILES string of the molecule is O=C(OC[C@H]1O[C@H](O)[C@H](O)C(F)(F)[C@@H]1OC(=O)c1ccccc1)c1ccccc1. The van der Waals surface area contributed by atoms with Gasteiger partial charge in [0.05, 0.1) is 11.1 Å². The second kappa shape index (κ2) is 8.64. The van der Waals surface area contributed by atoms with Crippen LogP contribution in [0.3, 0.4) is 0 Å². The van der Waals surface area contributed by atoms with Crippen molar-refractivity contribution in [3.63, 3.8) is 0 Å². The van der Waals surface area contributed by atoms with Crippen LogP contribution in [0.5, 0.6) is 0 Å². The molecule has 2 aromatic rings. The second-order valence-electron chi connectivity index (χ2n) is 6.34. The quantitative estimate of drug-likeness (QED) is 0.727. The van der Waals surface area contributed by atoms with E-state index in [1.807, 2.05) is 0 Å². The van der Waals surface area contributed by atoms with Crippen LogP contribution >= 0.6 is 0 Å². The fourth-order valence-corrected chi connectivity index (χ4v) is 2.79. The second-order valence-corrected chi connectivity index (χ2v) is 6.34. The average Bonchev–Trinajstić information content (AvgIpc) is 2.74. The summed E-state index contributed by atoms with van der Waals surface area (Å²) >= 11 is 0. The van der Waals surface area contributed by atoms with Gasteiger partial charge in [-0.25, -0.2) is 9.59 Å². The normalized spacial score (nSPS) is 25.8. The van der Waals surface area contributed by atoms with Crippen LogP contribution in [-0.2, 0) is 14.2 Å². The molecule has 1 aliphatic rings. The Balaban J connectivity index is 1.76. The van der Waals surface area contributed by atoms with Gasteiger partial charge in [-0.3, -0.25) is 0 Å². The summed E-state index contributed by atoms with van der Waals surface area (Å²) in [5.74, 6) is -5.94. The molecular formula is C20H18F2O7. The van der Waals surface area contributed by atoms with Gasteiger partial charge in [-0.1, -0.05) is 36.4 Å². The molecule has 3 rings (SSSR count). The maximum atomic E-state index is 14.6.